The minimum atomic E-state index is -0.298. The van der Waals surface area contributed by atoms with Crippen LogP contribution in [0.2, 0.25) is 5.02 Å². The van der Waals surface area contributed by atoms with Crippen LogP contribution in [0.15, 0.2) is 42.6 Å². The number of nitrogens with zero attached hydrogens (tertiary/aromatic N) is 2. The molecule has 28 heavy (non-hydrogen) atoms. The first-order valence-corrected chi connectivity index (χ1v) is 9.37. The number of pyridine rings is 1. The standard InChI is InChI=1S/C20H18ClN5O2/c1-28-10-4-2-9(3-5-10)19-25-17-16(13(21)8-23-20(17)26-19)24-15-12-7-6-11(12)14(15)18(22)27/h2-8,11-12,14-15H,1H3,(H2,22,27)(H2,23,24,25,26)/t11-,12?,14+,15-/m1/s1. The molecule has 4 N–H and O–H groups in total. The number of imidazole rings is 1. The van der Waals surface area contributed by atoms with Gasteiger partial charge in [0.25, 0.3) is 0 Å². The second-order valence-electron chi connectivity index (χ2n) is 7.13. The van der Waals surface area contributed by atoms with E-state index in [0.717, 1.165) is 11.3 Å². The first-order valence-electron chi connectivity index (χ1n) is 8.99. The van der Waals surface area contributed by atoms with Gasteiger partial charge in [0, 0.05) is 17.5 Å². The van der Waals surface area contributed by atoms with E-state index in [1.54, 1.807) is 13.3 Å². The van der Waals surface area contributed by atoms with Gasteiger partial charge < -0.3 is 20.8 Å². The zero-order valence-electron chi connectivity index (χ0n) is 15.0. The first kappa shape index (κ1) is 17.1. The number of nitrogens with two attached hydrogens (primary N) is 1. The van der Waals surface area contributed by atoms with Crippen LogP contribution < -0.4 is 15.8 Å². The van der Waals surface area contributed by atoms with Crippen molar-refractivity contribution >= 4 is 34.4 Å². The van der Waals surface area contributed by atoms with E-state index >= 15 is 0 Å². The number of rotatable bonds is 5. The van der Waals surface area contributed by atoms with Crippen molar-refractivity contribution in [2.45, 2.75) is 6.04 Å². The zero-order chi connectivity index (χ0) is 19.4. The molecule has 0 bridgehead atoms. The van der Waals surface area contributed by atoms with Gasteiger partial charge in [0.2, 0.25) is 5.91 Å². The predicted molar refractivity (Wildman–Crippen MR) is 107 cm³/mol. The molecule has 1 fully saturated rings. The lowest BCUT2D eigenvalue weighted by atomic mass is 9.54. The van der Waals surface area contributed by atoms with E-state index < -0.39 is 0 Å². The molecule has 4 atom stereocenters. The van der Waals surface area contributed by atoms with Gasteiger partial charge in [-0.2, -0.15) is 0 Å². The number of H-pyrrole nitrogens is 1. The summed E-state index contributed by atoms with van der Waals surface area (Å²) in [5.41, 5.74) is 8.44. The number of carbonyl (C=O) groups is 1. The third-order valence-corrected chi connectivity index (χ3v) is 5.98. The van der Waals surface area contributed by atoms with Crippen LogP contribution in [0, 0.1) is 17.8 Å². The van der Waals surface area contributed by atoms with Crippen molar-refractivity contribution in [2.75, 3.05) is 12.4 Å². The van der Waals surface area contributed by atoms with Gasteiger partial charge in [0.15, 0.2) is 5.65 Å². The van der Waals surface area contributed by atoms with Crippen LogP contribution in [-0.4, -0.2) is 34.0 Å². The molecule has 1 amide bonds. The highest BCUT2D eigenvalue weighted by atomic mass is 35.5. The van der Waals surface area contributed by atoms with Crippen LogP contribution >= 0.6 is 11.6 Å². The fourth-order valence-electron chi connectivity index (χ4n) is 4.10. The van der Waals surface area contributed by atoms with Crippen LogP contribution in [0.25, 0.3) is 22.6 Å². The topological polar surface area (TPSA) is 106 Å². The molecule has 2 aliphatic rings. The van der Waals surface area contributed by atoms with Crippen LogP contribution in [0.5, 0.6) is 5.75 Å². The molecule has 1 aromatic carbocycles. The number of carbonyl (C=O) groups excluding carboxylic acids is 1. The Labute approximate surface area is 166 Å². The number of allylic oxidation sites excluding steroid dienone is 1. The zero-order valence-corrected chi connectivity index (χ0v) is 15.8. The maximum absolute atomic E-state index is 11.8. The SMILES string of the molecule is COc1ccc(-c2nc3ncc(Cl)c(N[C@@H]4C5C=C[C@H]5[C@@H]4C(N)=O)c3[nH]2)cc1. The third-order valence-electron chi connectivity index (χ3n) is 5.69. The monoisotopic (exact) mass is 395 g/mol. The lowest BCUT2D eigenvalue weighted by molar-refractivity contribution is -0.129. The summed E-state index contributed by atoms with van der Waals surface area (Å²) in [6, 6.07) is 7.51. The van der Waals surface area contributed by atoms with Crippen molar-refractivity contribution in [2.24, 2.45) is 23.5 Å². The number of fused-ring (bicyclic) bond motifs is 2. The van der Waals surface area contributed by atoms with E-state index in [2.05, 4.69) is 26.3 Å². The maximum atomic E-state index is 11.8. The molecule has 1 saturated carbocycles. The molecule has 0 spiro atoms. The van der Waals surface area contributed by atoms with E-state index in [9.17, 15) is 4.79 Å². The van der Waals surface area contributed by atoms with Crippen molar-refractivity contribution in [3.63, 3.8) is 0 Å². The summed E-state index contributed by atoms with van der Waals surface area (Å²) >= 11 is 6.43. The molecular weight excluding hydrogens is 378 g/mol. The van der Waals surface area contributed by atoms with Gasteiger partial charge in [-0.15, -0.1) is 0 Å². The average Bonchev–Trinajstić information content (AvgIpc) is 3.10. The molecule has 2 aliphatic carbocycles. The van der Waals surface area contributed by atoms with Crippen LogP contribution in [0.1, 0.15) is 0 Å². The summed E-state index contributed by atoms with van der Waals surface area (Å²) in [6.45, 7) is 0. The molecule has 0 radical (unpaired) electrons. The van der Waals surface area contributed by atoms with Crippen LogP contribution in [0.3, 0.4) is 0 Å². The molecule has 3 aromatic rings. The highest BCUT2D eigenvalue weighted by Gasteiger charge is 2.54. The van der Waals surface area contributed by atoms with Gasteiger partial charge in [-0.25, -0.2) is 9.97 Å². The number of aromatic nitrogens is 3. The number of aromatic amines is 1. The number of amides is 1. The molecule has 5 rings (SSSR count). The highest BCUT2D eigenvalue weighted by Crippen LogP contribution is 2.50. The summed E-state index contributed by atoms with van der Waals surface area (Å²) in [5.74, 6) is 1.43. The minimum absolute atomic E-state index is 0.0802. The van der Waals surface area contributed by atoms with Gasteiger partial charge in [-0.3, -0.25) is 4.79 Å². The number of ether oxygens (including phenoxy) is 1. The average molecular weight is 396 g/mol. The van der Waals surface area contributed by atoms with E-state index in [1.807, 2.05) is 30.3 Å². The Balaban J connectivity index is 1.52. The first-order chi connectivity index (χ1) is 13.6. The van der Waals surface area contributed by atoms with E-state index in [4.69, 9.17) is 22.1 Å². The Morgan fingerprint density at radius 3 is 2.64 bits per heavy atom. The highest BCUT2D eigenvalue weighted by molar-refractivity contribution is 6.34. The number of primary amides is 1. The Morgan fingerprint density at radius 2 is 2.00 bits per heavy atom. The predicted octanol–water partition coefficient (Wildman–Crippen LogP) is 2.98. The van der Waals surface area contributed by atoms with Crippen molar-refractivity contribution in [3.05, 3.63) is 47.6 Å². The Morgan fingerprint density at radius 1 is 1.25 bits per heavy atom. The minimum Gasteiger partial charge on any atom is -0.497 e. The number of benzene rings is 1. The quantitative estimate of drug-likeness (QED) is 0.576. The maximum Gasteiger partial charge on any atom is 0.223 e. The molecule has 2 heterocycles. The number of methoxy groups -OCH3 is 1. The second kappa shape index (κ2) is 6.24. The van der Waals surface area contributed by atoms with Gasteiger partial charge in [0.1, 0.15) is 17.1 Å². The smallest absolute Gasteiger partial charge is 0.223 e. The molecule has 7 nitrogen and oxygen atoms in total. The molecular formula is C20H18ClN5O2. The number of hydrogen-bond acceptors (Lipinski definition) is 5. The van der Waals surface area contributed by atoms with Crippen LogP contribution in [0.4, 0.5) is 5.69 Å². The fraction of sp³-hybridized carbons (Fsp3) is 0.250. The van der Waals surface area contributed by atoms with E-state index in [-0.39, 0.29) is 23.8 Å². The molecule has 1 unspecified atom stereocenters. The number of hydrogen-bond donors (Lipinski definition) is 3. The second-order valence-corrected chi connectivity index (χ2v) is 7.54. The van der Waals surface area contributed by atoms with Gasteiger partial charge in [-0.05, 0) is 30.2 Å². The molecule has 142 valence electrons. The lowest BCUT2D eigenvalue weighted by Gasteiger charge is -2.53. The van der Waals surface area contributed by atoms with Crippen molar-refractivity contribution in [1.82, 2.24) is 15.0 Å². The molecule has 0 saturated heterocycles. The Bertz CT molecular complexity index is 1110. The largest absolute Gasteiger partial charge is 0.497 e. The lowest BCUT2D eigenvalue weighted by Crippen LogP contribution is -2.61. The van der Waals surface area contributed by atoms with Gasteiger partial charge in [0.05, 0.1) is 29.9 Å². The molecule has 0 aliphatic heterocycles. The van der Waals surface area contributed by atoms with Gasteiger partial charge in [-0.1, -0.05) is 23.8 Å². The molecule has 2 aromatic heterocycles. The summed E-state index contributed by atoms with van der Waals surface area (Å²) < 4.78 is 5.20. The Hall–Kier alpha value is -3.06. The van der Waals surface area contributed by atoms with Gasteiger partial charge >= 0.3 is 0 Å². The summed E-state index contributed by atoms with van der Waals surface area (Å²) in [5, 5.41) is 3.89. The van der Waals surface area contributed by atoms with E-state index in [0.29, 0.717) is 33.6 Å². The molecule has 8 heteroatoms. The fourth-order valence-corrected chi connectivity index (χ4v) is 4.30. The van der Waals surface area contributed by atoms with Crippen molar-refractivity contribution in [3.8, 4) is 17.1 Å². The summed E-state index contributed by atoms with van der Waals surface area (Å²) in [6.07, 6.45) is 5.71. The number of nitrogens with one attached hydrogen (secondary N) is 2. The summed E-state index contributed by atoms with van der Waals surface area (Å²) in [7, 11) is 1.63. The third kappa shape index (κ3) is 2.46. The Kier molecular flexibility index (Phi) is 3.80. The van der Waals surface area contributed by atoms with Crippen LogP contribution in [-0.2, 0) is 4.79 Å². The number of anilines is 1. The number of halogens is 1. The summed E-state index contributed by atoms with van der Waals surface area (Å²) in [4.78, 5) is 24.1. The van der Waals surface area contributed by atoms with Crippen molar-refractivity contribution in [1.29, 1.82) is 0 Å². The normalized spacial score (nSPS) is 24.9. The van der Waals surface area contributed by atoms with Crippen molar-refractivity contribution < 1.29 is 9.53 Å². The van der Waals surface area contributed by atoms with E-state index in [1.165, 1.54) is 0 Å².